The van der Waals surface area contributed by atoms with Crippen LogP contribution >= 0.6 is 0 Å². The van der Waals surface area contributed by atoms with Crippen LogP contribution in [-0.4, -0.2) is 12.4 Å². The zero-order valence-electron chi connectivity index (χ0n) is 3.18. The van der Waals surface area contributed by atoms with Gasteiger partial charge in [0.25, 0.3) is 0 Å². The molecule has 0 aromatic rings. The molecule has 1 heterocycles. The maximum atomic E-state index is 3.50. The van der Waals surface area contributed by atoms with Gasteiger partial charge in [0.05, 0.1) is 6.21 Å². The molecule has 29 valence electrons. The summed E-state index contributed by atoms with van der Waals surface area (Å²) in [4.78, 5) is 0. The molecule has 0 saturated carbocycles. The van der Waals surface area contributed by atoms with Crippen molar-refractivity contribution in [2.24, 2.45) is 10.2 Å². The smallest absolute Gasteiger partial charge is 0.122 e. The summed E-state index contributed by atoms with van der Waals surface area (Å²) in [6.07, 6.45) is 4.08. The molecule has 0 N–H and O–H groups in total. The van der Waals surface area contributed by atoms with Crippen LogP contribution in [0.15, 0.2) is 22.4 Å². The Morgan fingerprint density at radius 1 is 1.83 bits per heavy atom. The highest BCUT2D eigenvalue weighted by molar-refractivity contribution is 6.05. The summed E-state index contributed by atoms with van der Waals surface area (Å²) in [5.74, 6) is 0. The van der Waals surface area contributed by atoms with Gasteiger partial charge >= 0.3 is 0 Å². The molecule has 0 spiro atoms. The molecule has 0 atom stereocenters. The second kappa shape index (κ2) is 1.05. The van der Waals surface area contributed by atoms with Crippen molar-refractivity contribution in [1.82, 2.24) is 0 Å². The standard InChI is InChI=1S/C4H3N2/c1-4-2-5-6-3-4/h2H,1H2. The van der Waals surface area contributed by atoms with Crippen molar-refractivity contribution in [3.8, 4) is 0 Å². The molecular weight excluding hydrogens is 76.1 g/mol. The lowest BCUT2D eigenvalue weighted by Crippen LogP contribution is -1.71. The lowest BCUT2D eigenvalue weighted by Gasteiger charge is -1.63. The van der Waals surface area contributed by atoms with E-state index in [9.17, 15) is 0 Å². The highest BCUT2D eigenvalue weighted by Crippen LogP contribution is 1.87. The van der Waals surface area contributed by atoms with Crippen molar-refractivity contribution < 1.29 is 0 Å². The first-order valence-corrected chi connectivity index (χ1v) is 1.57. The van der Waals surface area contributed by atoms with E-state index in [1.165, 1.54) is 0 Å². The summed E-state index contributed by atoms with van der Waals surface area (Å²) >= 11 is 0. The zero-order valence-corrected chi connectivity index (χ0v) is 3.18. The van der Waals surface area contributed by atoms with Gasteiger partial charge < -0.3 is 0 Å². The van der Waals surface area contributed by atoms with Crippen LogP contribution in [-0.2, 0) is 0 Å². The van der Waals surface area contributed by atoms with Crippen LogP contribution < -0.4 is 0 Å². The molecule has 1 aliphatic heterocycles. The zero-order chi connectivity index (χ0) is 4.41. The maximum Gasteiger partial charge on any atom is 0.122 e. The molecule has 0 aromatic carbocycles. The minimum absolute atomic E-state index is 0.745. The quantitative estimate of drug-likeness (QED) is 0.403. The van der Waals surface area contributed by atoms with Gasteiger partial charge in [-0.05, 0) is 0 Å². The van der Waals surface area contributed by atoms with Gasteiger partial charge in [0.1, 0.15) is 6.21 Å². The fourth-order valence-corrected chi connectivity index (χ4v) is 0.221. The number of hydrogen-bond donors (Lipinski definition) is 0. The number of allylic oxidation sites excluding steroid dienone is 1. The highest BCUT2D eigenvalue weighted by Gasteiger charge is 1.86. The Hall–Kier alpha value is -0.920. The number of nitrogens with zero attached hydrogens (tertiary/aromatic N) is 2. The molecule has 0 saturated heterocycles. The second-order valence-corrected chi connectivity index (χ2v) is 0.982. The van der Waals surface area contributed by atoms with E-state index >= 15 is 0 Å². The fraction of sp³-hybridized carbons (Fsp3) is 0. The topological polar surface area (TPSA) is 24.7 Å². The van der Waals surface area contributed by atoms with Crippen LogP contribution in [0.4, 0.5) is 0 Å². The van der Waals surface area contributed by atoms with Crippen molar-refractivity contribution in [2.45, 2.75) is 0 Å². The Morgan fingerprint density at radius 3 is 2.83 bits per heavy atom. The van der Waals surface area contributed by atoms with Gasteiger partial charge in [-0.25, -0.2) is 0 Å². The molecule has 6 heavy (non-hydrogen) atoms. The van der Waals surface area contributed by atoms with E-state index in [4.69, 9.17) is 0 Å². The molecule has 1 aliphatic rings. The first kappa shape index (κ1) is 3.28. The van der Waals surface area contributed by atoms with Gasteiger partial charge in [-0.1, -0.05) is 6.58 Å². The molecule has 0 aromatic heterocycles. The van der Waals surface area contributed by atoms with Gasteiger partial charge in [-0.15, -0.1) is 5.10 Å². The highest BCUT2D eigenvalue weighted by atomic mass is 15.2. The molecule has 0 unspecified atom stereocenters. The predicted molar refractivity (Wildman–Crippen MR) is 25.1 cm³/mol. The third-order valence-electron chi connectivity index (χ3n) is 0.465. The summed E-state index contributed by atoms with van der Waals surface area (Å²) in [7, 11) is 0. The Bertz CT molecular complexity index is 108. The Morgan fingerprint density at radius 2 is 2.67 bits per heavy atom. The Labute approximate surface area is 35.9 Å². The van der Waals surface area contributed by atoms with Gasteiger partial charge in [0, 0.05) is 5.57 Å². The first-order chi connectivity index (χ1) is 2.89. The normalized spacial score (nSPS) is 17.0. The van der Waals surface area contributed by atoms with Gasteiger partial charge in [0.15, 0.2) is 0 Å². The lowest BCUT2D eigenvalue weighted by molar-refractivity contribution is 1.29. The van der Waals surface area contributed by atoms with Crippen LogP contribution in [0.2, 0.25) is 0 Å². The van der Waals surface area contributed by atoms with Gasteiger partial charge in [0.2, 0.25) is 0 Å². The molecule has 0 amide bonds. The summed E-state index contributed by atoms with van der Waals surface area (Å²) in [6.45, 7) is 3.50. The Balaban J connectivity index is 2.86. The average molecular weight is 79.1 g/mol. The van der Waals surface area contributed by atoms with Crippen molar-refractivity contribution in [3.05, 3.63) is 12.2 Å². The summed E-state index contributed by atoms with van der Waals surface area (Å²) in [5.41, 5.74) is 0.745. The average Bonchev–Trinajstić information content (AvgIpc) is 1.86. The number of hydrogen-bond acceptors (Lipinski definition) is 2. The molecule has 0 fully saturated rings. The summed E-state index contributed by atoms with van der Waals surface area (Å²) in [6, 6.07) is 0. The largest absolute Gasteiger partial charge is 0.158 e. The molecular formula is C4H3N2. The van der Waals surface area contributed by atoms with Crippen LogP contribution in [0.3, 0.4) is 0 Å². The van der Waals surface area contributed by atoms with Crippen molar-refractivity contribution in [2.75, 3.05) is 0 Å². The lowest BCUT2D eigenvalue weighted by atomic mass is 10.4. The van der Waals surface area contributed by atoms with Crippen molar-refractivity contribution in [3.63, 3.8) is 0 Å². The molecule has 1 rings (SSSR count). The molecule has 2 nitrogen and oxygen atoms in total. The molecule has 2 heteroatoms. The first-order valence-electron chi connectivity index (χ1n) is 1.57. The van der Waals surface area contributed by atoms with E-state index in [-0.39, 0.29) is 0 Å². The third kappa shape index (κ3) is 0.360. The fourth-order valence-electron chi connectivity index (χ4n) is 0.221. The van der Waals surface area contributed by atoms with E-state index in [0.29, 0.717) is 0 Å². The van der Waals surface area contributed by atoms with Crippen LogP contribution in [0, 0.1) is 0 Å². The third-order valence-corrected chi connectivity index (χ3v) is 0.465. The molecule has 0 bridgehead atoms. The minimum Gasteiger partial charge on any atom is -0.158 e. The van der Waals surface area contributed by atoms with E-state index in [2.05, 4.69) is 23.0 Å². The number of rotatable bonds is 0. The van der Waals surface area contributed by atoms with E-state index < -0.39 is 0 Å². The van der Waals surface area contributed by atoms with Crippen LogP contribution in [0.1, 0.15) is 0 Å². The summed E-state index contributed by atoms with van der Waals surface area (Å²) < 4.78 is 0. The second-order valence-electron chi connectivity index (χ2n) is 0.982. The SMILES string of the molecule is C=C1[C]=NN=C1. The van der Waals surface area contributed by atoms with Crippen molar-refractivity contribution >= 4 is 12.4 Å². The minimum atomic E-state index is 0.745. The summed E-state index contributed by atoms with van der Waals surface area (Å²) in [5, 5.41) is 6.84. The monoisotopic (exact) mass is 79.0 g/mol. The Kier molecular flexibility index (Phi) is 0.572. The predicted octanol–water partition coefficient (Wildman–Crippen LogP) is 0.490. The molecule has 0 aliphatic carbocycles. The van der Waals surface area contributed by atoms with Gasteiger partial charge in [-0.2, -0.15) is 5.10 Å². The molecule has 1 radical (unpaired) electrons. The van der Waals surface area contributed by atoms with Crippen LogP contribution in [0.25, 0.3) is 0 Å². The van der Waals surface area contributed by atoms with E-state index in [1.54, 1.807) is 6.21 Å². The maximum absolute atomic E-state index is 3.50. The van der Waals surface area contributed by atoms with E-state index in [0.717, 1.165) is 5.57 Å². The van der Waals surface area contributed by atoms with Crippen molar-refractivity contribution in [1.29, 1.82) is 0 Å². The van der Waals surface area contributed by atoms with Crippen LogP contribution in [0.5, 0.6) is 0 Å². The van der Waals surface area contributed by atoms with E-state index in [1.807, 2.05) is 0 Å². The van der Waals surface area contributed by atoms with Gasteiger partial charge in [-0.3, -0.25) is 0 Å².